The van der Waals surface area contributed by atoms with Crippen molar-refractivity contribution >= 4 is 17.7 Å². The number of nitrogens with zero attached hydrogens (tertiary/aromatic N) is 1. The summed E-state index contributed by atoms with van der Waals surface area (Å²) in [5.41, 5.74) is 0.0860. The summed E-state index contributed by atoms with van der Waals surface area (Å²) in [6.07, 6.45) is 2.84. The summed E-state index contributed by atoms with van der Waals surface area (Å²) in [4.78, 5) is 13.9. The molecule has 5 heteroatoms. The number of hydrogen-bond donors (Lipinski definition) is 0. The quantitative estimate of drug-likeness (QED) is 0.804. The Kier molecular flexibility index (Phi) is 6.15. The molecule has 1 aromatic carbocycles. The Labute approximate surface area is 118 Å². The van der Waals surface area contributed by atoms with Gasteiger partial charge in [0, 0.05) is 24.9 Å². The van der Waals surface area contributed by atoms with Crippen molar-refractivity contribution in [2.45, 2.75) is 19.4 Å². The van der Waals surface area contributed by atoms with Gasteiger partial charge in [0.1, 0.15) is 11.6 Å². The van der Waals surface area contributed by atoms with Crippen LogP contribution in [0.2, 0.25) is 0 Å². The smallest absolute Gasteiger partial charge is 0.256 e. The molecule has 0 saturated heterocycles. The molecule has 19 heavy (non-hydrogen) atoms. The van der Waals surface area contributed by atoms with Crippen LogP contribution in [0.5, 0.6) is 5.75 Å². The molecular formula is C14H20FNO2S. The van der Waals surface area contributed by atoms with Crippen LogP contribution in [0.1, 0.15) is 23.7 Å². The number of hydrogen-bond acceptors (Lipinski definition) is 3. The van der Waals surface area contributed by atoms with Gasteiger partial charge in [-0.1, -0.05) is 6.92 Å². The van der Waals surface area contributed by atoms with Crippen molar-refractivity contribution in [3.63, 3.8) is 0 Å². The first kappa shape index (κ1) is 15.8. The van der Waals surface area contributed by atoms with Crippen molar-refractivity contribution in [1.29, 1.82) is 0 Å². The monoisotopic (exact) mass is 285 g/mol. The lowest BCUT2D eigenvalue weighted by Gasteiger charge is -2.27. The number of amides is 1. The minimum absolute atomic E-state index is 0.0860. The second-order valence-corrected chi connectivity index (χ2v) is 5.19. The standard InChI is InChI=1S/C14H20FNO2S/c1-5-10(9-19-4)16(2)14(17)12-7-6-11(18-3)8-13(12)15/h6-8,10H,5,9H2,1-4H3. The van der Waals surface area contributed by atoms with Crippen LogP contribution in [0.4, 0.5) is 4.39 Å². The first-order chi connectivity index (χ1) is 9.04. The molecule has 0 saturated carbocycles. The van der Waals surface area contributed by atoms with Gasteiger partial charge in [0.15, 0.2) is 0 Å². The van der Waals surface area contributed by atoms with Crippen molar-refractivity contribution in [3.8, 4) is 5.75 Å². The summed E-state index contributed by atoms with van der Waals surface area (Å²) >= 11 is 1.68. The highest BCUT2D eigenvalue weighted by Gasteiger charge is 2.22. The molecule has 0 aliphatic carbocycles. The zero-order chi connectivity index (χ0) is 14.4. The number of thioether (sulfide) groups is 1. The van der Waals surface area contributed by atoms with E-state index in [-0.39, 0.29) is 17.5 Å². The normalized spacial score (nSPS) is 12.1. The van der Waals surface area contributed by atoms with Crippen LogP contribution in [0.3, 0.4) is 0 Å². The third-order valence-electron chi connectivity index (χ3n) is 3.11. The van der Waals surface area contributed by atoms with E-state index in [4.69, 9.17) is 4.74 Å². The Balaban J connectivity index is 2.93. The molecule has 0 spiro atoms. The molecule has 3 nitrogen and oxygen atoms in total. The molecule has 1 aromatic rings. The summed E-state index contributed by atoms with van der Waals surface area (Å²) in [5.74, 6) is 0.417. The second kappa shape index (κ2) is 7.38. The molecular weight excluding hydrogens is 265 g/mol. The maximum atomic E-state index is 13.9. The average molecular weight is 285 g/mol. The summed E-state index contributed by atoms with van der Waals surface area (Å²) in [6.45, 7) is 2.02. The predicted molar refractivity (Wildman–Crippen MR) is 77.5 cm³/mol. The Morgan fingerprint density at radius 2 is 2.21 bits per heavy atom. The minimum Gasteiger partial charge on any atom is -0.497 e. The Morgan fingerprint density at radius 3 is 2.68 bits per heavy atom. The van der Waals surface area contributed by atoms with Crippen LogP contribution < -0.4 is 4.74 Å². The van der Waals surface area contributed by atoms with Gasteiger partial charge in [-0.3, -0.25) is 4.79 Å². The Morgan fingerprint density at radius 1 is 1.53 bits per heavy atom. The fourth-order valence-electron chi connectivity index (χ4n) is 1.85. The van der Waals surface area contributed by atoms with E-state index < -0.39 is 5.82 Å². The highest BCUT2D eigenvalue weighted by atomic mass is 32.2. The van der Waals surface area contributed by atoms with Gasteiger partial charge in [0.2, 0.25) is 0 Å². The first-order valence-electron chi connectivity index (χ1n) is 6.14. The molecule has 0 fully saturated rings. The van der Waals surface area contributed by atoms with E-state index in [0.717, 1.165) is 12.2 Å². The SMILES string of the molecule is CCC(CSC)N(C)C(=O)c1ccc(OC)cc1F. The van der Waals surface area contributed by atoms with Crippen LogP contribution >= 0.6 is 11.8 Å². The van der Waals surface area contributed by atoms with Crippen molar-refractivity contribution in [3.05, 3.63) is 29.6 Å². The highest BCUT2D eigenvalue weighted by Crippen LogP contribution is 2.19. The summed E-state index contributed by atoms with van der Waals surface area (Å²) < 4.78 is 18.8. The molecule has 0 bridgehead atoms. The second-order valence-electron chi connectivity index (χ2n) is 4.28. The largest absolute Gasteiger partial charge is 0.497 e. The molecule has 0 radical (unpaired) electrons. The molecule has 0 aliphatic rings. The van der Waals surface area contributed by atoms with Crippen LogP contribution in [0.15, 0.2) is 18.2 Å². The van der Waals surface area contributed by atoms with Crippen molar-refractivity contribution < 1.29 is 13.9 Å². The van der Waals surface area contributed by atoms with E-state index in [1.165, 1.54) is 19.2 Å². The third kappa shape index (κ3) is 3.86. The van der Waals surface area contributed by atoms with E-state index in [1.807, 2.05) is 13.2 Å². The van der Waals surface area contributed by atoms with E-state index in [1.54, 1.807) is 29.8 Å². The van der Waals surface area contributed by atoms with Crippen molar-refractivity contribution in [2.75, 3.05) is 26.2 Å². The molecule has 1 atom stereocenters. The van der Waals surface area contributed by atoms with Gasteiger partial charge >= 0.3 is 0 Å². The molecule has 0 heterocycles. The van der Waals surface area contributed by atoms with Gasteiger partial charge in [-0.05, 0) is 24.8 Å². The minimum atomic E-state index is -0.546. The van der Waals surface area contributed by atoms with Crippen LogP contribution in [0, 0.1) is 5.82 Å². The van der Waals surface area contributed by atoms with Crippen LogP contribution in [-0.4, -0.2) is 43.0 Å². The van der Waals surface area contributed by atoms with E-state index >= 15 is 0 Å². The fraction of sp³-hybridized carbons (Fsp3) is 0.500. The van der Waals surface area contributed by atoms with Gasteiger partial charge in [-0.2, -0.15) is 11.8 Å². The van der Waals surface area contributed by atoms with E-state index in [2.05, 4.69) is 0 Å². The fourth-order valence-corrected chi connectivity index (χ4v) is 2.69. The zero-order valence-electron chi connectivity index (χ0n) is 11.8. The number of carbonyl (C=O) groups excluding carboxylic acids is 1. The summed E-state index contributed by atoms with van der Waals surface area (Å²) in [5, 5.41) is 0. The molecule has 0 aromatic heterocycles. The van der Waals surface area contributed by atoms with E-state index in [0.29, 0.717) is 5.75 Å². The lowest BCUT2D eigenvalue weighted by molar-refractivity contribution is 0.0739. The highest BCUT2D eigenvalue weighted by molar-refractivity contribution is 7.98. The average Bonchev–Trinajstić information content (AvgIpc) is 2.43. The van der Waals surface area contributed by atoms with Gasteiger partial charge < -0.3 is 9.64 Å². The summed E-state index contributed by atoms with van der Waals surface area (Å²) in [7, 11) is 3.18. The van der Waals surface area contributed by atoms with Gasteiger partial charge in [0.25, 0.3) is 5.91 Å². The number of ether oxygens (including phenoxy) is 1. The predicted octanol–water partition coefficient (Wildman–Crippen LogP) is 3.05. The Hall–Kier alpha value is -1.23. The molecule has 1 amide bonds. The summed E-state index contributed by atoms with van der Waals surface area (Å²) in [6, 6.07) is 4.42. The number of benzene rings is 1. The van der Waals surface area contributed by atoms with Gasteiger partial charge in [-0.25, -0.2) is 4.39 Å². The first-order valence-corrected chi connectivity index (χ1v) is 7.54. The van der Waals surface area contributed by atoms with Crippen LogP contribution in [-0.2, 0) is 0 Å². The maximum Gasteiger partial charge on any atom is 0.256 e. The Bertz CT molecular complexity index is 439. The van der Waals surface area contributed by atoms with Crippen molar-refractivity contribution in [2.24, 2.45) is 0 Å². The van der Waals surface area contributed by atoms with Gasteiger partial charge in [0.05, 0.1) is 12.7 Å². The maximum absolute atomic E-state index is 13.9. The number of methoxy groups -OCH3 is 1. The lowest BCUT2D eigenvalue weighted by atomic mass is 10.1. The van der Waals surface area contributed by atoms with Gasteiger partial charge in [-0.15, -0.1) is 0 Å². The molecule has 0 aliphatic heterocycles. The molecule has 0 N–H and O–H groups in total. The lowest BCUT2D eigenvalue weighted by Crippen LogP contribution is -2.38. The topological polar surface area (TPSA) is 29.5 Å². The van der Waals surface area contributed by atoms with Crippen molar-refractivity contribution in [1.82, 2.24) is 4.90 Å². The molecule has 1 unspecified atom stereocenters. The molecule has 106 valence electrons. The number of rotatable bonds is 6. The number of halogens is 1. The zero-order valence-corrected chi connectivity index (χ0v) is 12.6. The molecule has 1 rings (SSSR count). The third-order valence-corrected chi connectivity index (χ3v) is 3.82. The van der Waals surface area contributed by atoms with E-state index in [9.17, 15) is 9.18 Å². The van der Waals surface area contributed by atoms with Crippen LogP contribution in [0.25, 0.3) is 0 Å². The number of carbonyl (C=O) groups is 1.